The van der Waals surface area contributed by atoms with Gasteiger partial charge in [-0.05, 0) is 24.6 Å². The van der Waals surface area contributed by atoms with Crippen molar-refractivity contribution in [2.24, 2.45) is 0 Å². The number of hydrogen-bond acceptors (Lipinski definition) is 2. The fourth-order valence-electron chi connectivity index (χ4n) is 2.06. The summed E-state index contributed by atoms with van der Waals surface area (Å²) in [7, 11) is 0. The molecule has 0 aliphatic heterocycles. The van der Waals surface area contributed by atoms with Gasteiger partial charge in [-0.3, -0.25) is 0 Å². The number of hydrogen-bond donors (Lipinski definition) is 0. The lowest BCUT2D eigenvalue weighted by Crippen LogP contribution is -2.01. The number of benzene rings is 2. The standard InChI is InChI=1S/C16H16N2O/c1-13-6-8-14(9-7-13)10-19-12-18-11-17-15-4-2-3-5-16(15)18/h2-9,11H,10,12H2,1H3. The average Bonchev–Trinajstić information content (AvgIpc) is 2.85. The van der Waals surface area contributed by atoms with Crippen molar-refractivity contribution in [1.29, 1.82) is 0 Å². The summed E-state index contributed by atoms with van der Waals surface area (Å²) in [6, 6.07) is 16.5. The normalized spacial score (nSPS) is 11.0. The van der Waals surface area contributed by atoms with E-state index in [1.54, 1.807) is 0 Å². The van der Waals surface area contributed by atoms with Crippen LogP contribution in [0.25, 0.3) is 11.0 Å². The van der Waals surface area contributed by atoms with E-state index in [1.807, 2.05) is 29.1 Å². The number of imidazole rings is 1. The highest BCUT2D eigenvalue weighted by atomic mass is 16.5. The molecule has 2 aromatic carbocycles. The van der Waals surface area contributed by atoms with E-state index in [2.05, 4.69) is 42.2 Å². The van der Waals surface area contributed by atoms with Crippen LogP contribution in [0.5, 0.6) is 0 Å². The lowest BCUT2D eigenvalue weighted by atomic mass is 10.2. The molecule has 0 aliphatic carbocycles. The molecule has 0 saturated carbocycles. The van der Waals surface area contributed by atoms with Crippen molar-refractivity contribution in [1.82, 2.24) is 9.55 Å². The Bertz CT molecular complexity index is 671. The molecule has 0 fully saturated rings. The summed E-state index contributed by atoms with van der Waals surface area (Å²) in [5.41, 5.74) is 4.56. The van der Waals surface area contributed by atoms with Crippen molar-refractivity contribution >= 4 is 11.0 Å². The van der Waals surface area contributed by atoms with Crippen molar-refractivity contribution in [3.8, 4) is 0 Å². The van der Waals surface area contributed by atoms with Crippen LogP contribution in [0.3, 0.4) is 0 Å². The van der Waals surface area contributed by atoms with Gasteiger partial charge in [-0.1, -0.05) is 42.0 Å². The highest BCUT2D eigenvalue weighted by Gasteiger charge is 2.01. The van der Waals surface area contributed by atoms with Crippen LogP contribution in [0.2, 0.25) is 0 Å². The Morgan fingerprint density at radius 1 is 1.05 bits per heavy atom. The molecule has 0 saturated heterocycles. The summed E-state index contributed by atoms with van der Waals surface area (Å²) in [5.74, 6) is 0. The zero-order valence-electron chi connectivity index (χ0n) is 10.9. The third-order valence-electron chi connectivity index (χ3n) is 3.15. The molecule has 3 heteroatoms. The van der Waals surface area contributed by atoms with Crippen LogP contribution in [0, 0.1) is 6.92 Å². The predicted molar refractivity (Wildman–Crippen MR) is 75.7 cm³/mol. The minimum atomic E-state index is 0.522. The minimum Gasteiger partial charge on any atom is -0.356 e. The monoisotopic (exact) mass is 252 g/mol. The molecule has 0 atom stereocenters. The van der Waals surface area contributed by atoms with Gasteiger partial charge in [0, 0.05) is 0 Å². The van der Waals surface area contributed by atoms with Crippen LogP contribution < -0.4 is 0 Å². The van der Waals surface area contributed by atoms with E-state index < -0.39 is 0 Å². The van der Waals surface area contributed by atoms with Gasteiger partial charge in [0.15, 0.2) is 0 Å². The number of aromatic nitrogens is 2. The minimum absolute atomic E-state index is 0.522. The number of para-hydroxylation sites is 2. The smallest absolute Gasteiger partial charge is 0.124 e. The van der Waals surface area contributed by atoms with Gasteiger partial charge in [-0.15, -0.1) is 0 Å². The van der Waals surface area contributed by atoms with Gasteiger partial charge in [0.25, 0.3) is 0 Å². The first-order valence-corrected chi connectivity index (χ1v) is 6.36. The third-order valence-corrected chi connectivity index (χ3v) is 3.15. The molecular formula is C16H16N2O. The van der Waals surface area contributed by atoms with E-state index in [0.29, 0.717) is 13.3 Å². The van der Waals surface area contributed by atoms with Crippen LogP contribution >= 0.6 is 0 Å². The average molecular weight is 252 g/mol. The fraction of sp³-hybridized carbons (Fsp3) is 0.188. The summed E-state index contributed by atoms with van der Waals surface area (Å²) in [6.45, 7) is 3.23. The van der Waals surface area contributed by atoms with Crippen LogP contribution in [0.1, 0.15) is 11.1 Å². The molecule has 0 aliphatic rings. The third kappa shape index (κ3) is 2.66. The zero-order valence-corrected chi connectivity index (χ0v) is 10.9. The quantitative estimate of drug-likeness (QED) is 0.710. The second-order valence-corrected chi connectivity index (χ2v) is 4.67. The molecule has 1 heterocycles. The predicted octanol–water partition coefficient (Wildman–Crippen LogP) is 3.52. The second kappa shape index (κ2) is 5.24. The Balaban J connectivity index is 1.65. The zero-order chi connectivity index (χ0) is 13.1. The van der Waals surface area contributed by atoms with E-state index in [1.165, 1.54) is 11.1 Å². The van der Waals surface area contributed by atoms with Gasteiger partial charge in [-0.2, -0.15) is 0 Å². The maximum atomic E-state index is 5.74. The van der Waals surface area contributed by atoms with Gasteiger partial charge in [0.2, 0.25) is 0 Å². The molecule has 3 nitrogen and oxygen atoms in total. The highest BCUT2D eigenvalue weighted by Crippen LogP contribution is 2.12. The van der Waals surface area contributed by atoms with Gasteiger partial charge in [0.1, 0.15) is 6.73 Å². The van der Waals surface area contributed by atoms with Gasteiger partial charge in [0.05, 0.1) is 24.0 Å². The molecular weight excluding hydrogens is 236 g/mol. The lowest BCUT2D eigenvalue weighted by Gasteiger charge is -2.06. The molecule has 0 bridgehead atoms. The van der Waals surface area contributed by atoms with Crippen LogP contribution in [-0.2, 0) is 18.1 Å². The molecule has 0 spiro atoms. The molecule has 0 N–H and O–H groups in total. The van der Waals surface area contributed by atoms with Crippen molar-refractivity contribution in [2.45, 2.75) is 20.3 Å². The van der Waals surface area contributed by atoms with Gasteiger partial charge < -0.3 is 9.30 Å². The first-order valence-electron chi connectivity index (χ1n) is 6.36. The molecule has 96 valence electrons. The van der Waals surface area contributed by atoms with E-state index in [0.717, 1.165) is 11.0 Å². The van der Waals surface area contributed by atoms with Crippen LogP contribution in [0.15, 0.2) is 54.9 Å². The highest BCUT2D eigenvalue weighted by molar-refractivity contribution is 5.74. The molecule has 3 aromatic rings. The van der Waals surface area contributed by atoms with E-state index in [4.69, 9.17) is 4.74 Å². The van der Waals surface area contributed by atoms with E-state index in [9.17, 15) is 0 Å². The molecule has 0 amide bonds. The Morgan fingerprint density at radius 2 is 1.84 bits per heavy atom. The van der Waals surface area contributed by atoms with E-state index in [-0.39, 0.29) is 0 Å². The Kier molecular flexibility index (Phi) is 3.29. The maximum Gasteiger partial charge on any atom is 0.124 e. The van der Waals surface area contributed by atoms with Gasteiger partial charge >= 0.3 is 0 Å². The first-order chi connectivity index (χ1) is 9.33. The molecule has 1 aromatic heterocycles. The second-order valence-electron chi connectivity index (χ2n) is 4.67. The fourth-order valence-corrected chi connectivity index (χ4v) is 2.06. The summed E-state index contributed by atoms with van der Waals surface area (Å²) < 4.78 is 7.75. The SMILES string of the molecule is Cc1ccc(COCn2cnc3ccccc32)cc1. The summed E-state index contributed by atoms with van der Waals surface area (Å²) in [6.07, 6.45) is 1.82. The molecule has 0 radical (unpaired) electrons. The largest absolute Gasteiger partial charge is 0.356 e. The Hall–Kier alpha value is -2.13. The first kappa shape index (κ1) is 11.9. The van der Waals surface area contributed by atoms with Gasteiger partial charge in [-0.25, -0.2) is 4.98 Å². The Morgan fingerprint density at radius 3 is 2.68 bits per heavy atom. The number of rotatable bonds is 4. The van der Waals surface area contributed by atoms with Crippen molar-refractivity contribution < 1.29 is 4.74 Å². The molecule has 3 rings (SSSR count). The van der Waals surface area contributed by atoms with Crippen molar-refractivity contribution in [2.75, 3.05) is 0 Å². The summed E-state index contributed by atoms with van der Waals surface area (Å²) >= 11 is 0. The summed E-state index contributed by atoms with van der Waals surface area (Å²) in [4.78, 5) is 4.34. The Labute approximate surface area is 112 Å². The molecule has 19 heavy (non-hydrogen) atoms. The van der Waals surface area contributed by atoms with Crippen LogP contribution in [0.4, 0.5) is 0 Å². The lowest BCUT2D eigenvalue weighted by molar-refractivity contribution is 0.0664. The number of nitrogens with zero attached hydrogens (tertiary/aromatic N) is 2. The van der Waals surface area contributed by atoms with Crippen molar-refractivity contribution in [3.05, 3.63) is 66.0 Å². The topological polar surface area (TPSA) is 27.1 Å². The van der Waals surface area contributed by atoms with Crippen LogP contribution in [-0.4, -0.2) is 9.55 Å². The van der Waals surface area contributed by atoms with Crippen molar-refractivity contribution in [3.63, 3.8) is 0 Å². The number of ether oxygens (including phenoxy) is 1. The number of fused-ring (bicyclic) bond motifs is 1. The van der Waals surface area contributed by atoms with E-state index >= 15 is 0 Å². The summed E-state index contributed by atoms with van der Waals surface area (Å²) in [5, 5.41) is 0. The number of aryl methyl sites for hydroxylation is 1. The maximum absolute atomic E-state index is 5.74. The molecule has 0 unspecified atom stereocenters.